The van der Waals surface area contributed by atoms with Gasteiger partial charge in [-0.2, -0.15) is 0 Å². The van der Waals surface area contributed by atoms with Crippen LogP contribution in [-0.2, 0) is 22.1 Å². The lowest BCUT2D eigenvalue weighted by atomic mass is 9.92. The lowest BCUT2D eigenvalue weighted by molar-refractivity contribution is 0.0932. The van der Waals surface area contributed by atoms with Gasteiger partial charge in [-0.15, -0.1) is 0 Å². The number of hydrogen-bond donors (Lipinski definition) is 3. The van der Waals surface area contributed by atoms with Gasteiger partial charge >= 0.3 is 6.09 Å². The number of carbonyl (C=O) groups is 1. The van der Waals surface area contributed by atoms with Gasteiger partial charge in [0.25, 0.3) is 0 Å². The van der Waals surface area contributed by atoms with E-state index in [4.69, 9.17) is 21.1 Å². The van der Waals surface area contributed by atoms with Gasteiger partial charge < -0.3 is 19.6 Å². The molecule has 1 amide bonds. The van der Waals surface area contributed by atoms with Gasteiger partial charge in [0.2, 0.25) is 0 Å². The van der Waals surface area contributed by atoms with Gasteiger partial charge in [-0.3, -0.25) is 4.90 Å². The van der Waals surface area contributed by atoms with Crippen LogP contribution in [-0.4, -0.2) is 63.5 Å². The van der Waals surface area contributed by atoms with Gasteiger partial charge in [0.15, 0.2) is 0 Å². The highest BCUT2D eigenvalue weighted by Crippen LogP contribution is 2.39. The molecule has 3 unspecified atom stereocenters. The normalized spacial score (nSPS) is 17.0. The van der Waals surface area contributed by atoms with Gasteiger partial charge in [0, 0.05) is 46.9 Å². The lowest BCUT2D eigenvalue weighted by Crippen LogP contribution is -2.40. The summed E-state index contributed by atoms with van der Waals surface area (Å²) >= 11 is 6.26. The van der Waals surface area contributed by atoms with Crippen LogP contribution in [0.3, 0.4) is 0 Å². The Kier molecular flexibility index (Phi) is 8.90. The summed E-state index contributed by atoms with van der Waals surface area (Å²) in [5.74, 6) is 1.16. The zero-order valence-corrected chi connectivity index (χ0v) is 22.0. The number of benzene rings is 2. The zero-order chi connectivity index (χ0) is 25.7. The zero-order valence-electron chi connectivity index (χ0n) is 20.5. The van der Waals surface area contributed by atoms with Crippen molar-refractivity contribution in [3.05, 3.63) is 64.3 Å². The number of carbonyl (C=O) groups excluding carboxylic acids is 1. The molecule has 3 N–H and O–H groups in total. The summed E-state index contributed by atoms with van der Waals surface area (Å²) in [5, 5.41) is 11.8. The molecular formula is C26H32ClN3O5S. The summed E-state index contributed by atoms with van der Waals surface area (Å²) in [6.07, 6.45) is 0.122. The maximum atomic E-state index is 12.8. The number of amides is 1. The largest absolute Gasteiger partial charge is 0.493 e. The molecule has 3 aromatic rings. The van der Waals surface area contributed by atoms with Crippen molar-refractivity contribution in [1.29, 1.82) is 0 Å². The Morgan fingerprint density at radius 3 is 2.78 bits per heavy atom. The number of ether oxygens (including phenoxy) is 2. The molecule has 194 valence electrons. The van der Waals surface area contributed by atoms with Crippen molar-refractivity contribution < 1.29 is 23.6 Å². The smallest absolute Gasteiger partial charge is 0.410 e. The highest BCUT2D eigenvalue weighted by Gasteiger charge is 2.35. The van der Waals surface area contributed by atoms with E-state index in [1.165, 1.54) is 0 Å². The molecule has 3 atom stereocenters. The molecule has 4 rings (SSSR count). The molecule has 2 aromatic carbocycles. The predicted molar refractivity (Wildman–Crippen MR) is 142 cm³/mol. The minimum atomic E-state index is -1.12. The standard InChI is InChI=1S/C26H32ClN3O5S/c1-3-34-26(32)30-13-11-21-22-15-18(27)7-10-23(22)29-24(21)25(30)17-5-8-20(9-6-17)35-14-12-19(31)16-28-36(33)4-2/h5-10,15,19,25,28-29,31H,3-4,11-14,16H2,1-2H3. The second-order valence-corrected chi connectivity index (χ2v) is 10.6. The minimum absolute atomic E-state index is 0.256. The number of aromatic nitrogens is 1. The molecule has 1 aromatic heterocycles. The van der Waals surface area contributed by atoms with Crippen molar-refractivity contribution in [2.45, 2.75) is 38.8 Å². The highest BCUT2D eigenvalue weighted by atomic mass is 35.5. The molecular weight excluding hydrogens is 502 g/mol. The summed E-state index contributed by atoms with van der Waals surface area (Å²) in [4.78, 5) is 18.1. The topological polar surface area (TPSA) is 104 Å². The van der Waals surface area contributed by atoms with Crippen LogP contribution in [0.5, 0.6) is 5.75 Å². The van der Waals surface area contributed by atoms with Crippen LogP contribution in [0.2, 0.25) is 5.02 Å². The first kappa shape index (κ1) is 26.5. The van der Waals surface area contributed by atoms with E-state index in [1.807, 2.05) is 49.4 Å². The second kappa shape index (κ2) is 12.1. The van der Waals surface area contributed by atoms with E-state index < -0.39 is 17.1 Å². The van der Waals surface area contributed by atoms with Crippen LogP contribution >= 0.6 is 11.6 Å². The van der Waals surface area contributed by atoms with Gasteiger partial charge in [-0.1, -0.05) is 30.7 Å². The van der Waals surface area contributed by atoms with E-state index in [0.717, 1.165) is 27.7 Å². The number of hydrogen-bond acceptors (Lipinski definition) is 5. The van der Waals surface area contributed by atoms with Crippen molar-refractivity contribution in [2.75, 3.05) is 32.1 Å². The summed E-state index contributed by atoms with van der Waals surface area (Å²) in [5.41, 5.74) is 4.03. The number of rotatable bonds is 10. The molecule has 10 heteroatoms. The third-order valence-corrected chi connectivity index (χ3v) is 7.50. The molecule has 0 radical (unpaired) electrons. The fourth-order valence-electron chi connectivity index (χ4n) is 4.46. The molecule has 2 heterocycles. The Morgan fingerprint density at radius 2 is 2.06 bits per heavy atom. The first-order valence-corrected chi connectivity index (χ1v) is 13.9. The lowest BCUT2D eigenvalue weighted by Gasteiger charge is -2.35. The van der Waals surface area contributed by atoms with Crippen LogP contribution in [0.25, 0.3) is 10.9 Å². The first-order valence-electron chi connectivity index (χ1n) is 12.2. The number of nitrogens with one attached hydrogen (secondary N) is 2. The number of halogens is 1. The Bertz CT molecular complexity index is 1220. The molecule has 1 aliphatic rings. The molecule has 1 aliphatic heterocycles. The fraction of sp³-hybridized carbons (Fsp3) is 0.423. The highest BCUT2D eigenvalue weighted by molar-refractivity contribution is 7.82. The molecule has 0 saturated carbocycles. The third-order valence-electron chi connectivity index (χ3n) is 6.25. The number of aromatic amines is 1. The number of fused-ring (bicyclic) bond motifs is 3. The summed E-state index contributed by atoms with van der Waals surface area (Å²) in [6.45, 7) is 5.03. The molecule has 8 nitrogen and oxygen atoms in total. The molecule has 0 spiro atoms. The van der Waals surface area contributed by atoms with Crippen molar-refractivity contribution >= 4 is 39.6 Å². The van der Waals surface area contributed by atoms with E-state index >= 15 is 0 Å². The third kappa shape index (κ3) is 6.03. The van der Waals surface area contributed by atoms with Gasteiger partial charge in [0.05, 0.1) is 30.3 Å². The number of H-pyrrole nitrogens is 1. The fourth-order valence-corrected chi connectivity index (χ4v) is 5.22. The van der Waals surface area contributed by atoms with E-state index in [2.05, 4.69) is 9.71 Å². The van der Waals surface area contributed by atoms with Gasteiger partial charge in [-0.05, 0) is 54.8 Å². The Hall–Kier alpha value is -2.59. The minimum Gasteiger partial charge on any atom is -0.493 e. The van der Waals surface area contributed by atoms with Crippen molar-refractivity contribution in [2.24, 2.45) is 0 Å². The maximum absolute atomic E-state index is 12.8. The molecule has 0 saturated heterocycles. The molecule has 36 heavy (non-hydrogen) atoms. The van der Waals surface area contributed by atoms with Crippen LogP contribution in [0, 0.1) is 0 Å². The van der Waals surface area contributed by atoms with E-state index in [9.17, 15) is 14.1 Å². The first-order chi connectivity index (χ1) is 17.4. The van der Waals surface area contributed by atoms with Crippen molar-refractivity contribution in [1.82, 2.24) is 14.6 Å². The SMILES string of the molecule is CCOC(=O)N1CCc2c([nH]c3ccc(Cl)cc23)C1c1ccc(OCCC(O)CNS(=O)CC)cc1. The van der Waals surface area contributed by atoms with E-state index in [-0.39, 0.29) is 18.7 Å². The van der Waals surface area contributed by atoms with Crippen LogP contribution in [0.4, 0.5) is 4.79 Å². The van der Waals surface area contributed by atoms with Crippen LogP contribution < -0.4 is 9.46 Å². The average molecular weight is 534 g/mol. The number of nitrogens with zero attached hydrogens (tertiary/aromatic N) is 1. The van der Waals surface area contributed by atoms with Crippen molar-refractivity contribution in [3.8, 4) is 5.75 Å². The Morgan fingerprint density at radius 1 is 1.28 bits per heavy atom. The second-order valence-electron chi connectivity index (χ2n) is 8.59. The summed E-state index contributed by atoms with van der Waals surface area (Å²) < 4.78 is 25.4. The van der Waals surface area contributed by atoms with Crippen molar-refractivity contribution in [3.63, 3.8) is 0 Å². The van der Waals surface area contributed by atoms with Gasteiger partial charge in [0.1, 0.15) is 11.8 Å². The van der Waals surface area contributed by atoms with E-state index in [1.54, 1.807) is 11.8 Å². The van der Waals surface area contributed by atoms with Crippen LogP contribution in [0.15, 0.2) is 42.5 Å². The number of aliphatic hydroxyl groups is 1. The summed E-state index contributed by atoms with van der Waals surface area (Å²) in [6, 6.07) is 13.1. The molecule has 0 aliphatic carbocycles. The predicted octanol–water partition coefficient (Wildman–Crippen LogP) is 4.33. The number of aliphatic hydroxyl groups excluding tert-OH is 1. The average Bonchev–Trinajstić information content (AvgIpc) is 3.25. The Labute approximate surface area is 218 Å². The van der Waals surface area contributed by atoms with Gasteiger partial charge in [-0.25, -0.2) is 13.7 Å². The Balaban J connectivity index is 1.51. The maximum Gasteiger partial charge on any atom is 0.410 e. The van der Waals surface area contributed by atoms with E-state index in [0.29, 0.717) is 49.1 Å². The monoisotopic (exact) mass is 533 g/mol. The summed E-state index contributed by atoms with van der Waals surface area (Å²) in [7, 11) is -1.12. The molecule has 0 fully saturated rings. The van der Waals surface area contributed by atoms with Crippen LogP contribution in [0.1, 0.15) is 43.1 Å². The molecule has 0 bridgehead atoms. The quantitative estimate of drug-likeness (QED) is 0.360.